The molecule has 0 radical (unpaired) electrons. The lowest BCUT2D eigenvalue weighted by Crippen LogP contribution is -2.46. The van der Waals surface area contributed by atoms with Crippen LogP contribution in [-0.2, 0) is 4.74 Å². The number of nitrogens with two attached hydrogens (primary N) is 1. The van der Waals surface area contributed by atoms with Crippen molar-refractivity contribution in [3.63, 3.8) is 0 Å². The Kier molecular flexibility index (Phi) is 4.92. The minimum Gasteiger partial charge on any atom is -0.396 e. The number of rotatable bonds is 4. The van der Waals surface area contributed by atoms with Gasteiger partial charge in [0.25, 0.3) is 5.91 Å². The standard InChI is InChI=1S/C14H20FN3O2/c1-10(9-18-4-6-20-7-5-18)17-14(19)11-2-3-13(16)12(15)8-11/h2-3,8,10H,4-7,9,16H2,1H3,(H,17,19). The summed E-state index contributed by atoms with van der Waals surface area (Å²) in [5.41, 5.74) is 5.72. The second-order valence-electron chi connectivity index (χ2n) is 5.02. The van der Waals surface area contributed by atoms with Gasteiger partial charge in [-0.3, -0.25) is 9.69 Å². The molecule has 6 heteroatoms. The molecule has 0 bridgehead atoms. The monoisotopic (exact) mass is 281 g/mol. The Balaban J connectivity index is 1.87. The Labute approximate surface area is 117 Å². The number of halogens is 1. The van der Waals surface area contributed by atoms with Crippen molar-refractivity contribution in [3.05, 3.63) is 29.6 Å². The molecule has 110 valence electrons. The maximum absolute atomic E-state index is 13.3. The predicted molar refractivity (Wildman–Crippen MR) is 75.0 cm³/mol. The van der Waals surface area contributed by atoms with Gasteiger partial charge in [-0.15, -0.1) is 0 Å². The van der Waals surface area contributed by atoms with Crippen LogP contribution in [0.3, 0.4) is 0 Å². The predicted octanol–water partition coefficient (Wildman–Crippen LogP) is 0.858. The van der Waals surface area contributed by atoms with Crippen molar-refractivity contribution in [2.45, 2.75) is 13.0 Å². The van der Waals surface area contributed by atoms with Gasteiger partial charge in [-0.1, -0.05) is 0 Å². The van der Waals surface area contributed by atoms with Crippen LogP contribution < -0.4 is 11.1 Å². The van der Waals surface area contributed by atoms with Crippen LogP contribution in [0.5, 0.6) is 0 Å². The Morgan fingerprint density at radius 1 is 1.50 bits per heavy atom. The van der Waals surface area contributed by atoms with Crippen molar-refractivity contribution < 1.29 is 13.9 Å². The van der Waals surface area contributed by atoms with Crippen LogP contribution in [0.2, 0.25) is 0 Å². The summed E-state index contributed by atoms with van der Waals surface area (Å²) >= 11 is 0. The molecule has 2 rings (SSSR count). The van der Waals surface area contributed by atoms with Gasteiger partial charge in [0.15, 0.2) is 0 Å². The van der Waals surface area contributed by atoms with Crippen LogP contribution in [0.15, 0.2) is 18.2 Å². The molecule has 1 saturated heterocycles. The highest BCUT2D eigenvalue weighted by Crippen LogP contribution is 2.12. The molecule has 1 unspecified atom stereocenters. The van der Waals surface area contributed by atoms with E-state index < -0.39 is 5.82 Å². The van der Waals surface area contributed by atoms with Crippen molar-refractivity contribution >= 4 is 11.6 Å². The number of nitrogens with zero attached hydrogens (tertiary/aromatic N) is 1. The molecule has 3 N–H and O–H groups in total. The van der Waals surface area contributed by atoms with Gasteiger partial charge >= 0.3 is 0 Å². The number of carbonyl (C=O) groups is 1. The lowest BCUT2D eigenvalue weighted by Gasteiger charge is -2.29. The smallest absolute Gasteiger partial charge is 0.251 e. The SMILES string of the molecule is CC(CN1CCOCC1)NC(=O)c1ccc(N)c(F)c1. The van der Waals surface area contributed by atoms with Gasteiger partial charge in [0.05, 0.1) is 18.9 Å². The lowest BCUT2D eigenvalue weighted by molar-refractivity contribution is 0.0342. The molecule has 1 aliphatic rings. The van der Waals surface area contributed by atoms with Crippen LogP contribution in [0.1, 0.15) is 17.3 Å². The zero-order chi connectivity index (χ0) is 14.5. The van der Waals surface area contributed by atoms with E-state index in [2.05, 4.69) is 10.2 Å². The van der Waals surface area contributed by atoms with E-state index in [9.17, 15) is 9.18 Å². The highest BCUT2D eigenvalue weighted by molar-refractivity contribution is 5.94. The molecule has 1 amide bonds. The number of anilines is 1. The maximum Gasteiger partial charge on any atom is 0.251 e. The fourth-order valence-corrected chi connectivity index (χ4v) is 2.19. The Morgan fingerprint density at radius 2 is 2.20 bits per heavy atom. The van der Waals surface area contributed by atoms with Gasteiger partial charge in [0.2, 0.25) is 0 Å². The number of carbonyl (C=O) groups excluding carboxylic acids is 1. The van der Waals surface area contributed by atoms with E-state index in [1.54, 1.807) is 0 Å². The number of nitrogens with one attached hydrogen (secondary N) is 1. The number of benzene rings is 1. The number of hydrogen-bond donors (Lipinski definition) is 2. The van der Waals surface area contributed by atoms with E-state index in [4.69, 9.17) is 10.5 Å². The van der Waals surface area contributed by atoms with E-state index in [1.807, 2.05) is 6.92 Å². The molecule has 20 heavy (non-hydrogen) atoms. The van der Waals surface area contributed by atoms with E-state index in [-0.39, 0.29) is 23.2 Å². The third-order valence-corrected chi connectivity index (χ3v) is 3.28. The molecule has 1 atom stereocenters. The number of hydrogen-bond acceptors (Lipinski definition) is 4. The first-order chi connectivity index (χ1) is 9.56. The lowest BCUT2D eigenvalue weighted by atomic mass is 10.1. The zero-order valence-electron chi connectivity index (χ0n) is 11.6. The maximum atomic E-state index is 13.3. The first-order valence-electron chi connectivity index (χ1n) is 6.72. The van der Waals surface area contributed by atoms with Crippen LogP contribution in [-0.4, -0.2) is 49.7 Å². The van der Waals surface area contributed by atoms with Crippen LogP contribution in [0.4, 0.5) is 10.1 Å². The molecular formula is C14H20FN3O2. The van der Waals surface area contributed by atoms with Gasteiger partial charge in [-0.25, -0.2) is 4.39 Å². The third kappa shape index (κ3) is 3.91. The molecule has 1 heterocycles. The molecule has 1 aromatic carbocycles. The van der Waals surface area contributed by atoms with Crippen molar-refractivity contribution in [3.8, 4) is 0 Å². The summed E-state index contributed by atoms with van der Waals surface area (Å²) in [5, 5.41) is 2.86. The normalized spacial score (nSPS) is 17.7. The molecule has 0 aliphatic carbocycles. The largest absolute Gasteiger partial charge is 0.396 e. The van der Waals surface area contributed by atoms with Gasteiger partial charge < -0.3 is 15.8 Å². The summed E-state index contributed by atoms with van der Waals surface area (Å²) in [4.78, 5) is 14.2. The minimum absolute atomic E-state index is 0.0128. The number of amides is 1. The van der Waals surface area contributed by atoms with E-state index in [1.165, 1.54) is 12.1 Å². The molecule has 0 aromatic heterocycles. The summed E-state index contributed by atoms with van der Waals surface area (Å²) < 4.78 is 18.6. The van der Waals surface area contributed by atoms with Gasteiger partial charge in [-0.2, -0.15) is 0 Å². The summed E-state index contributed by atoms with van der Waals surface area (Å²) in [5.74, 6) is -0.858. The number of ether oxygens (including phenoxy) is 1. The number of morpholine rings is 1. The van der Waals surface area contributed by atoms with Crippen LogP contribution in [0.25, 0.3) is 0 Å². The van der Waals surface area contributed by atoms with E-state index >= 15 is 0 Å². The first-order valence-corrected chi connectivity index (χ1v) is 6.72. The van der Waals surface area contributed by atoms with Crippen molar-refractivity contribution in [2.75, 3.05) is 38.6 Å². The van der Waals surface area contributed by atoms with E-state index in [0.717, 1.165) is 38.9 Å². The van der Waals surface area contributed by atoms with Crippen LogP contribution in [0, 0.1) is 5.82 Å². The highest BCUT2D eigenvalue weighted by Gasteiger charge is 2.16. The summed E-state index contributed by atoms with van der Waals surface area (Å²) in [6.45, 7) is 5.88. The topological polar surface area (TPSA) is 67.6 Å². The van der Waals surface area contributed by atoms with Gasteiger partial charge in [0.1, 0.15) is 5.82 Å². The Bertz CT molecular complexity index is 475. The van der Waals surface area contributed by atoms with Crippen molar-refractivity contribution in [1.29, 1.82) is 0 Å². The second-order valence-corrected chi connectivity index (χ2v) is 5.02. The quantitative estimate of drug-likeness (QED) is 0.803. The first kappa shape index (κ1) is 14.7. The third-order valence-electron chi connectivity index (χ3n) is 3.28. The zero-order valence-corrected chi connectivity index (χ0v) is 11.6. The Morgan fingerprint density at radius 3 is 2.85 bits per heavy atom. The second kappa shape index (κ2) is 6.67. The van der Waals surface area contributed by atoms with Crippen LogP contribution >= 0.6 is 0 Å². The fourth-order valence-electron chi connectivity index (χ4n) is 2.19. The van der Waals surface area contributed by atoms with Gasteiger partial charge in [0, 0.05) is 31.2 Å². The molecule has 1 aliphatic heterocycles. The molecule has 0 spiro atoms. The van der Waals surface area contributed by atoms with Gasteiger partial charge in [-0.05, 0) is 25.1 Å². The van der Waals surface area contributed by atoms with Crippen molar-refractivity contribution in [1.82, 2.24) is 10.2 Å². The average Bonchev–Trinajstić information content (AvgIpc) is 2.42. The van der Waals surface area contributed by atoms with E-state index in [0.29, 0.717) is 0 Å². The molecule has 5 nitrogen and oxygen atoms in total. The molecule has 1 fully saturated rings. The molecular weight excluding hydrogens is 261 g/mol. The highest BCUT2D eigenvalue weighted by atomic mass is 19.1. The number of nitrogen functional groups attached to an aromatic ring is 1. The summed E-state index contributed by atoms with van der Waals surface area (Å²) in [6.07, 6.45) is 0. The van der Waals surface area contributed by atoms with Crippen molar-refractivity contribution in [2.24, 2.45) is 0 Å². The Hall–Kier alpha value is -1.66. The molecule has 1 aromatic rings. The average molecular weight is 281 g/mol. The molecule has 0 saturated carbocycles. The summed E-state index contributed by atoms with van der Waals surface area (Å²) in [7, 11) is 0. The minimum atomic E-state index is -0.571. The summed E-state index contributed by atoms with van der Waals surface area (Å²) in [6, 6.07) is 4.07. The fraction of sp³-hybridized carbons (Fsp3) is 0.500.